The molecule has 0 saturated heterocycles. The Hall–Kier alpha value is -0.710. The number of aldehydes is 1. The van der Waals surface area contributed by atoms with Crippen molar-refractivity contribution in [1.82, 2.24) is 0 Å². The number of rotatable bonds is 3. The molecule has 0 spiro atoms. The molecule has 2 aromatic rings. The Balaban J connectivity index is 2.14. The fourth-order valence-corrected chi connectivity index (χ4v) is 3.16. The standard InChI is InChI=1S/C11H7BrOS2/c12-11-6-5-9(15-11)2-1-8-3-4-10(7-13)14-8/h1-7H. The third kappa shape index (κ3) is 2.87. The molecule has 76 valence electrons. The fraction of sp³-hybridized carbons (Fsp3) is 0. The summed E-state index contributed by atoms with van der Waals surface area (Å²) in [5, 5.41) is 0. The molecule has 0 unspecified atom stereocenters. The van der Waals surface area contributed by atoms with Gasteiger partial charge in [-0.1, -0.05) is 0 Å². The van der Waals surface area contributed by atoms with E-state index in [1.54, 1.807) is 11.3 Å². The zero-order chi connectivity index (χ0) is 10.7. The minimum atomic E-state index is 0.766. The van der Waals surface area contributed by atoms with Crippen LogP contribution in [0.15, 0.2) is 28.1 Å². The Bertz CT molecular complexity index is 496. The first-order valence-corrected chi connectivity index (χ1v) is 6.69. The summed E-state index contributed by atoms with van der Waals surface area (Å²) in [5.41, 5.74) is 0. The van der Waals surface area contributed by atoms with E-state index in [2.05, 4.69) is 28.1 Å². The zero-order valence-electron chi connectivity index (χ0n) is 7.64. The van der Waals surface area contributed by atoms with Gasteiger partial charge in [-0.3, -0.25) is 4.79 Å². The summed E-state index contributed by atoms with van der Waals surface area (Å²) in [6, 6.07) is 7.87. The van der Waals surface area contributed by atoms with Crippen molar-refractivity contribution in [2.75, 3.05) is 0 Å². The molecule has 0 fully saturated rings. The third-order valence-electron chi connectivity index (χ3n) is 1.77. The van der Waals surface area contributed by atoms with E-state index in [9.17, 15) is 4.79 Å². The molecular formula is C11H7BrOS2. The lowest BCUT2D eigenvalue weighted by atomic mass is 10.3. The first-order chi connectivity index (χ1) is 7.28. The van der Waals surface area contributed by atoms with E-state index in [1.165, 1.54) is 16.2 Å². The van der Waals surface area contributed by atoms with Gasteiger partial charge in [-0.15, -0.1) is 22.7 Å². The number of carbonyl (C=O) groups excluding carboxylic acids is 1. The SMILES string of the molecule is O=Cc1ccc(C=Cc2ccc(Br)s2)s1. The van der Waals surface area contributed by atoms with Crippen molar-refractivity contribution < 1.29 is 4.79 Å². The van der Waals surface area contributed by atoms with Crippen LogP contribution >= 0.6 is 38.6 Å². The number of thiophene rings is 2. The number of carbonyl (C=O) groups is 1. The summed E-state index contributed by atoms with van der Waals surface area (Å²) < 4.78 is 1.13. The molecule has 0 aliphatic heterocycles. The van der Waals surface area contributed by atoms with Crippen molar-refractivity contribution in [2.45, 2.75) is 0 Å². The third-order valence-corrected chi connectivity index (χ3v) is 4.33. The predicted molar refractivity (Wildman–Crippen MR) is 70.7 cm³/mol. The normalized spacial score (nSPS) is 11.0. The molecule has 2 aromatic heterocycles. The van der Waals surface area contributed by atoms with Crippen molar-refractivity contribution in [2.24, 2.45) is 0 Å². The Morgan fingerprint density at radius 1 is 0.933 bits per heavy atom. The largest absolute Gasteiger partial charge is 0.297 e. The number of halogens is 1. The molecule has 0 atom stereocenters. The maximum atomic E-state index is 10.5. The molecule has 0 radical (unpaired) electrons. The van der Waals surface area contributed by atoms with E-state index in [0.717, 1.165) is 19.8 Å². The lowest BCUT2D eigenvalue weighted by Crippen LogP contribution is -1.62. The second-order valence-corrected chi connectivity index (χ2v) is 6.47. The highest BCUT2D eigenvalue weighted by atomic mass is 79.9. The van der Waals surface area contributed by atoms with Crippen molar-refractivity contribution >= 4 is 57.0 Å². The molecule has 2 rings (SSSR count). The zero-order valence-corrected chi connectivity index (χ0v) is 10.9. The van der Waals surface area contributed by atoms with E-state index >= 15 is 0 Å². The summed E-state index contributed by atoms with van der Waals surface area (Å²) in [6.45, 7) is 0. The lowest BCUT2D eigenvalue weighted by Gasteiger charge is -1.83. The predicted octanol–water partition coefficient (Wildman–Crippen LogP) is 4.56. The maximum absolute atomic E-state index is 10.5. The molecule has 0 saturated carbocycles. The number of hydrogen-bond donors (Lipinski definition) is 0. The highest BCUT2D eigenvalue weighted by molar-refractivity contribution is 9.11. The fourth-order valence-electron chi connectivity index (χ4n) is 1.10. The monoisotopic (exact) mass is 298 g/mol. The van der Waals surface area contributed by atoms with Crippen LogP contribution in [0.4, 0.5) is 0 Å². The molecule has 2 heterocycles. The summed E-state index contributed by atoms with van der Waals surface area (Å²) >= 11 is 6.60. The molecule has 0 aromatic carbocycles. The quantitative estimate of drug-likeness (QED) is 0.760. The minimum Gasteiger partial charge on any atom is -0.297 e. The highest BCUT2D eigenvalue weighted by Crippen LogP contribution is 2.24. The van der Waals surface area contributed by atoms with Gasteiger partial charge < -0.3 is 0 Å². The molecular weight excluding hydrogens is 292 g/mol. The van der Waals surface area contributed by atoms with E-state index in [4.69, 9.17) is 0 Å². The molecule has 0 aliphatic rings. The summed E-state index contributed by atoms with van der Waals surface area (Å²) in [4.78, 5) is 13.5. The van der Waals surface area contributed by atoms with Gasteiger partial charge in [0.2, 0.25) is 0 Å². The van der Waals surface area contributed by atoms with Crippen LogP contribution < -0.4 is 0 Å². The van der Waals surface area contributed by atoms with Gasteiger partial charge >= 0.3 is 0 Å². The molecule has 0 bridgehead atoms. The highest BCUT2D eigenvalue weighted by Gasteiger charge is 1.96. The summed E-state index contributed by atoms with van der Waals surface area (Å²) in [5.74, 6) is 0. The molecule has 0 N–H and O–H groups in total. The first kappa shape index (κ1) is 10.8. The van der Waals surface area contributed by atoms with Crippen LogP contribution in [-0.2, 0) is 0 Å². The average molecular weight is 299 g/mol. The molecule has 0 aliphatic carbocycles. The number of hydrogen-bond acceptors (Lipinski definition) is 3. The van der Waals surface area contributed by atoms with Gasteiger partial charge in [-0.2, -0.15) is 0 Å². The Morgan fingerprint density at radius 3 is 2.07 bits per heavy atom. The van der Waals surface area contributed by atoms with Crippen LogP contribution in [0.5, 0.6) is 0 Å². The van der Waals surface area contributed by atoms with Gasteiger partial charge in [0, 0.05) is 9.75 Å². The average Bonchev–Trinajstić information content (AvgIpc) is 2.83. The first-order valence-electron chi connectivity index (χ1n) is 4.26. The molecule has 0 amide bonds. The smallest absolute Gasteiger partial charge is 0.160 e. The van der Waals surface area contributed by atoms with Gasteiger partial charge in [0.1, 0.15) is 0 Å². The molecule has 15 heavy (non-hydrogen) atoms. The van der Waals surface area contributed by atoms with Gasteiger partial charge in [-0.05, 0) is 52.3 Å². The molecule has 4 heteroatoms. The molecule has 1 nitrogen and oxygen atoms in total. The van der Waals surface area contributed by atoms with Crippen LogP contribution in [-0.4, -0.2) is 6.29 Å². The van der Waals surface area contributed by atoms with Gasteiger partial charge in [0.15, 0.2) is 6.29 Å². The van der Waals surface area contributed by atoms with E-state index in [0.29, 0.717) is 0 Å². The van der Waals surface area contributed by atoms with E-state index in [-0.39, 0.29) is 0 Å². The maximum Gasteiger partial charge on any atom is 0.160 e. The van der Waals surface area contributed by atoms with Gasteiger partial charge in [0.25, 0.3) is 0 Å². The van der Waals surface area contributed by atoms with Crippen LogP contribution in [0.3, 0.4) is 0 Å². The topological polar surface area (TPSA) is 17.1 Å². The van der Waals surface area contributed by atoms with E-state index < -0.39 is 0 Å². The van der Waals surface area contributed by atoms with E-state index in [1.807, 2.05) is 24.3 Å². The summed E-state index contributed by atoms with van der Waals surface area (Å²) in [6.07, 6.45) is 4.95. The van der Waals surface area contributed by atoms with Crippen molar-refractivity contribution in [3.05, 3.63) is 42.7 Å². The Labute approximate surface area is 104 Å². The Morgan fingerprint density at radius 2 is 1.53 bits per heavy atom. The van der Waals surface area contributed by atoms with Crippen LogP contribution in [0.25, 0.3) is 12.2 Å². The van der Waals surface area contributed by atoms with Gasteiger partial charge in [-0.25, -0.2) is 0 Å². The second-order valence-electron chi connectivity index (χ2n) is 2.83. The summed E-state index contributed by atoms with van der Waals surface area (Å²) in [7, 11) is 0. The van der Waals surface area contributed by atoms with Crippen LogP contribution in [0, 0.1) is 0 Å². The Kier molecular flexibility index (Phi) is 3.51. The van der Waals surface area contributed by atoms with Crippen molar-refractivity contribution in [3.63, 3.8) is 0 Å². The minimum absolute atomic E-state index is 0.766. The van der Waals surface area contributed by atoms with Crippen LogP contribution in [0.2, 0.25) is 0 Å². The van der Waals surface area contributed by atoms with Gasteiger partial charge in [0.05, 0.1) is 8.66 Å². The second kappa shape index (κ2) is 4.88. The van der Waals surface area contributed by atoms with Crippen molar-refractivity contribution in [1.29, 1.82) is 0 Å². The lowest BCUT2D eigenvalue weighted by molar-refractivity contribution is 0.112. The van der Waals surface area contributed by atoms with Crippen LogP contribution in [0.1, 0.15) is 19.4 Å². The van der Waals surface area contributed by atoms with Crippen molar-refractivity contribution in [3.8, 4) is 0 Å².